The molecule has 2 amide bonds. The van der Waals surface area contributed by atoms with E-state index in [1.54, 1.807) is 20.8 Å². The summed E-state index contributed by atoms with van der Waals surface area (Å²) >= 11 is 0. The smallest absolute Gasteiger partial charge is 0.408 e. The second kappa shape index (κ2) is 14.1. The van der Waals surface area contributed by atoms with Crippen LogP contribution >= 0.6 is 12.4 Å². The van der Waals surface area contributed by atoms with Crippen LogP contribution in [0.5, 0.6) is 0 Å². The van der Waals surface area contributed by atoms with Gasteiger partial charge in [0, 0.05) is 13.2 Å². The molecule has 5 unspecified atom stereocenters. The number of hydrogen-bond acceptors (Lipinski definition) is 9. The maximum absolute atomic E-state index is 12.7. The highest BCUT2D eigenvalue weighted by Crippen LogP contribution is 2.26. The topological polar surface area (TPSA) is 162 Å². The molecule has 0 aromatic heterocycles. The number of aliphatic hydroxyl groups excluding tert-OH is 2. The number of nitrogens with one attached hydrogen (secondary N) is 2. The second-order valence-corrected chi connectivity index (χ2v) is 8.46. The summed E-state index contributed by atoms with van der Waals surface area (Å²) in [4.78, 5) is 24.8. The van der Waals surface area contributed by atoms with Crippen molar-refractivity contribution in [1.82, 2.24) is 10.6 Å². The fraction of sp³-hybridized carbons (Fsp3) is 0.900. The molecular weight excluding hydrogens is 446 g/mol. The molecule has 32 heavy (non-hydrogen) atoms. The first-order chi connectivity index (χ1) is 14.1. The molecule has 3 aliphatic rings. The molecule has 6 atom stereocenters. The van der Waals surface area contributed by atoms with Gasteiger partial charge in [0.05, 0.1) is 6.61 Å². The van der Waals surface area contributed by atoms with E-state index in [1.807, 2.05) is 0 Å². The van der Waals surface area contributed by atoms with Gasteiger partial charge in [-0.25, -0.2) is 4.79 Å². The van der Waals surface area contributed by atoms with Gasteiger partial charge in [0.2, 0.25) is 5.91 Å². The van der Waals surface area contributed by atoms with Gasteiger partial charge in [-0.1, -0.05) is 7.43 Å². The first-order valence-corrected chi connectivity index (χ1v) is 10.3. The lowest BCUT2D eigenvalue weighted by Crippen LogP contribution is -2.61. The normalized spacial score (nSPS) is 28.6. The van der Waals surface area contributed by atoms with Crippen LogP contribution in [0.2, 0.25) is 0 Å². The van der Waals surface area contributed by atoms with Gasteiger partial charge in [-0.2, -0.15) is 0 Å². The number of hydrogen-bond donors (Lipinski definition) is 5. The van der Waals surface area contributed by atoms with E-state index in [-0.39, 0.29) is 26.4 Å². The molecule has 12 heteroatoms. The van der Waals surface area contributed by atoms with Crippen molar-refractivity contribution in [3.8, 4) is 0 Å². The number of ether oxygens (including phenoxy) is 4. The Morgan fingerprint density at radius 2 is 1.84 bits per heavy atom. The SMILES string of the molecule is C.CC(C)(C)OC(=O)N[C@@H](CCCN)C(=O)NCC1OC2OCCCOC1C(O)C2O.Cl. The predicted molar refractivity (Wildman–Crippen MR) is 119 cm³/mol. The van der Waals surface area contributed by atoms with Crippen LogP contribution in [-0.2, 0) is 23.7 Å². The molecule has 6 N–H and O–H groups in total. The Bertz CT molecular complexity index is 576. The summed E-state index contributed by atoms with van der Waals surface area (Å²) in [6.07, 6.45) is -4.26. The molecule has 0 aromatic carbocycles. The van der Waals surface area contributed by atoms with E-state index in [0.717, 1.165) is 0 Å². The summed E-state index contributed by atoms with van der Waals surface area (Å²) in [5, 5.41) is 25.8. The number of alkyl carbamates (subject to hydrolysis) is 1. The third-order valence-electron chi connectivity index (χ3n) is 4.70. The van der Waals surface area contributed by atoms with E-state index >= 15 is 0 Å². The van der Waals surface area contributed by atoms with Gasteiger partial charge in [0.1, 0.15) is 36.1 Å². The Labute approximate surface area is 196 Å². The van der Waals surface area contributed by atoms with Crippen molar-refractivity contribution in [2.24, 2.45) is 5.73 Å². The first kappa shape index (κ1) is 30.8. The third-order valence-corrected chi connectivity index (χ3v) is 4.70. The Hall–Kier alpha value is -1.21. The molecule has 3 rings (SSSR count). The number of nitrogens with two attached hydrogens (primary N) is 1. The maximum atomic E-state index is 12.7. The van der Waals surface area contributed by atoms with Crippen molar-refractivity contribution < 1.29 is 38.7 Å². The molecule has 0 aromatic rings. The minimum atomic E-state index is -1.24. The Balaban J connectivity index is 0.00000480. The summed E-state index contributed by atoms with van der Waals surface area (Å²) in [5.74, 6) is -0.440. The van der Waals surface area contributed by atoms with Crippen LogP contribution < -0.4 is 16.4 Å². The highest BCUT2D eigenvalue weighted by Gasteiger charge is 2.46. The van der Waals surface area contributed by atoms with Crippen LogP contribution in [0.1, 0.15) is 47.5 Å². The standard InChI is InChI=1S/C19H35N3O8.CH4.ClH/c1-19(2,3)30-18(26)22-11(6-4-7-20)16(25)21-10-12-15-13(23)14(24)17(29-12)28-9-5-8-27-15;;/h11-15,17,23-24H,4-10,20H2,1-3H3,(H,21,25)(H,22,26);1H4;1H/t11-,12?,13?,14?,15?,17?;;/m0../s1. The maximum Gasteiger partial charge on any atom is 0.408 e. The predicted octanol–water partition coefficient (Wildman–Crippen LogP) is 0.0449. The molecular formula is C20H40ClN3O8. The number of carbonyl (C=O) groups is 2. The Morgan fingerprint density at radius 3 is 2.47 bits per heavy atom. The van der Waals surface area contributed by atoms with Crippen molar-refractivity contribution in [3.05, 3.63) is 0 Å². The van der Waals surface area contributed by atoms with Gasteiger partial charge in [0.25, 0.3) is 0 Å². The van der Waals surface area contributed by atoms with E-state index in [2.05, 4.69) is 10.6 Å². The lowest BCUT2D eigenvalue weighted by atomic mass is 9.98. The summed E-state index contributed by atoms with van der Waals surface area (Å²) in [6, 6.07) is -0.843. The Morgan fingerprint density at radius 1 is 1.19 bits per heavy atom. The highest BCUT2D eigenvalue weighted by molar-refractivity contribution is 5.86. The van der Waals surface area contributed by atoms with Crippen LogP contribution in [0.4, 0.5) is 4.79 Å². The molecule has 3 heterocycles. The van der Waals surface area contributed by atoms with Crippen LogP contribution in [0.25, 0.3) is 0 Å². The molecule has 0 radical (unpaired) electrons. The van der Waals surface area contributed by atoms with Gasteiger partial charge in [-0.05, 0) is 46.6 Å². The molecule has 190 valence electrons. The zero-order valence-corrected chi connectivity index (χ0v) is 19.1. The molecule has 11 nitrogen and oxygen atoms in total. The lowest BCUT2D eigenvalue weighted by Gasteiger charge is -2.41. The Kier molecular flexibility index (Phi) is 13.6. The van der Waals surface area contributed by atoms with Gasteiger partial charge >= 0.3 is 6.09 Å². The van der Waals surface area contributed by atoms with Crippen LogP contribution in [0.15, 0.2) is 0 Å². The fourth-order valence-corrected chi connectivity index (χ4v) is 3.26. The number of aliphatic hydroxyl groups is 2. The van der Waals surface area contributed by atoms with E-state index in [1.165, 1.54) is 0 Å². The summed E-state index contributed by atoms with van der Waals surface area (Å²) in [5.41, 5.74) is 4.84. The van der Waals surface area contributed by atoms with E-state index in [0.29, 0.717) is 39.0 Å². The van der Waals surface area contributed by atoms with Gasteiger partial charge < -0.3 is 45.5 Å². The van der Waals surface area contributed by atoms with E-state index in [9.17, 15) is 19.8 Å². The molecule has 2 bridgehead atoms. The van der Waals surface area contributed by atoms with Crippen molar-refractivity contribution in [2.75, 3.05) is 26.3 Å². The van der Waals surface area contributed by atoms with Crippen molar-refractivity contribution in [3.63, 3.8) is 0 Å². The number of halogens is 1. The fourth-order valence-electron chi connectivity index (χ4n) is 3.26. The largest absolute Gasteiger partial charge is 0.444 e. The van der Waals surface area contributed by atoms with Gasteiger partial charge in [-0.3, -0.25) is 4.79 Å². The van der Waals surface area contributed by atoms with Gasteiger partial charge in [-0.15, -0.1) is 12.4 Å². The molecule has 0 saturated carbocycles. The summed E-state index contributed by atoms with van der Waals surface area (Å²) in [7, 11) is 0. The van der Waals surface area contributed by atoms with E-state index < -0.39 is 54.3 Å². The summed E-state index contributed by atoms with van der Waals surface area (Å²) in [6.45, 7) is 6.20. The minimum absolute atomic E-state index is 0. The molecule has 0 aliphatic carbocycles. The average Bonchev–Trinajstić information content (AvgIpc) is 2.80. The minimum Gasteiger partial charge on any atom is -0.444 e. The monoisotopic (exact) mass is 485 g/mol. The second-order valence-electron chi connectivity index (χ2n) is 8.46. The van der Waals surface area contributed by atoms with E-state index in [4.69, 9.17) is 24.7 Å². The van der Waals surface area contributed by atoms with Crippen molar-refractivity contribution in [2.45, 2.75) is 89.8 Å². The molecule has 3 aliphatic heterocycles. The zero-order chi connectivity index (χ0) is 22.3. The third kappa shape index (κ3) is 9.34. The molecule has 3 saturated heterocycles. The molecule has 0 spiro atoms. The number of amides is 2. The zero-order valence-electron chi connectivity index (χ0n) is 18.2. The van der Waals surface area contributed by atoms with Crippen LogP contribution in [0.3, 0.4) is 0 Å². The summed E-state index contributed by atoms with van der Waals surface area (Å²) < 4.78 is 22.0. The first-order valence-electron chi connectivity index (χ1n) is 10.3. The van der Waals surface area contributed by atoms with Crippen LogP contribution in [0, 0.1) is 0 Å². The average molecular weight is 486 g/mol. The van der Waals surface area contributed by atoms with Crippen LogP contribution in [-0.4, -0.2) is 90.9 Å². The number of fused-ring (bicyclic) bond motifs is 6. The van der Waals surface area contributed by atoms with Gasteiger partial charge in [0.15, 0.2) is 6.29 Å². The lowest BCUT2D eigenvalue weighted by molar-refractivity contribution is -0.292. The number of rotatable bonds is 7. The van der Waals surface area contributed by atoms with Crippen molar-refractivity contribution >= 4 is 24.4 Å². The van der Waals surface area contributed by atoms with Crippen molar-refractivity contribution in [1.29, 1.82) is 0 Å². The highest BCUT2D eigenvalue weighted by atomic mass is 35.5. The quantitative estimate of drug-likeness (QED) is 0.335. The molecule has 3 fully saturated rings. The number of carbonyl (C=O) groups excluding carboxylic acids is 2.